The second-order valence-corrected chi connectivity index (χ2v) is 6.59. The highest BCUT2D eigenvalue weighted by Gasteiger charge is 2.34. The average Bonchev–Trinajstić information content (AvgIpc) is 2.65. The first-order chi connectivity index (χ1) is 7.27. The fraction of sp³-hybridized carbons (Fsp3) is 0.857. The molecule has 0 fully saturated rings. The summed E-state index contributed by atoms with van der Waals surface area (Å²) < 4.78 is 0. The van der Waals surface area contributed by atoms with Crippen molar-refractivity contribution >= 4 is 0 Å². The standard InChI is InChI=1S/C14H28N2/c1-13(2,3)12(15-6)16-14(4,5)11-9-7-8-10-11/h7-8,11-12,15-16H,9-10H2,1-6H3. The van der Waals surface area contributed by atoms with Crippen LogP contribution in [0.1, 0.15) is 47.5 Å². The van der Waals surface area contributed by atoms with Crippen molar-refractivity contribution in [2.75, 3.05) is 7.05 Å². The Kier molecular flexibility index (Phi) is 4.19. The van der Waals surface area contributed by atoms with Crippen molar-refractivity contribution < 1.29 is 0 Å². The van der Waals surface area contributed by atoms with Crippen molar-refractivity contribution in [1.82, 2.24) is 10.6 Å². The van der Waals surface area contributed by atoms with E-state index in [1.165, 1.54) is 12.8 Å². The van der Waals surface area contributed by atoms with Crippen LogP contribution < -0.4 is 10.6 Å². The highest BCUT2D eigenvalue weighted by Crippen LogP contribution is 2.31. The third-order valence-corrected chi connectivity index (χ3v) is 3.70. The molecule has 1 rings (SSSR count). The Morgan fingerprint density at radius 3 is 1.94 bits per heavy atom. The predicted octanol–water partition coefficient (Wildman–Crippen LogP) is 2.91. The Hall–Kier alpha value is -0.340. The first-order valence-corrected chi connectivity index (χ1v) is 6.37. The van der Waals surface area contributed by atoms with E-state index in [1.807, 2.05) is 7.05 Å². The monoisotopic (exact) mass is 224 g/mol. The third kappa shape index (κ3) is 3.33. The van der Waals surface area contributed by atoms with E-state index in [0.29, 0.717) is 6.17 Å². The Bertz CT molecular complexity index is 240. The van der Waals surface area contributed by atoms with Gasteiger partial charge in [0.25, 0.3) is 0 Å². The van der Waals surface area contributed by atoms with Crippen molar-refractivity contribution in [3.05, 3.63) is 12.2 Å². The lowest BCUT2D eigenvalue weighted by Gasteiger charge is -2.41. The molecule has 1 unspecified atom stereocenters. The number of allylic oxidation sites excluding steroid dienone is 2. The molecule has 0 spiro atoms. The Labute approximate surface area is 101 Å². The van der Waals surface area contributed by atoms with E-state index in [0.717, 1.165) is 5.92 Å². The fourth-order valence-electron chi connectivity index (χ4n) is 2.42. The van der Waals surface area contributed by atoms with Crippen molar-refractivity contribution in [2.45, 2.75) is 59.2 Å². The second-order valence-electron chi connectivity index (χ2n) is 6.59. The number of hydrogen-bond acceptors (Lipinski definition) is 2. The maximum atomic E-state index is 3.77. The zero-order chi connectivity index (χ0) is 12.4. The lowest BCUT2D eigenvalue weighted by Crippen LogP contribution is -2.59. The molecular weight excluding hydrogens is 196 g/mol. The highest BCUT2D eigenvalue weighted by molar-refractivity contribution is 5.03. The lowest BCUT2D eigenvalue weighted by atomic mass is 9.82. The molecular formula is C14H28N2. The summed E-state index contributed by atoms with van der Waals surface area (Å²) in [6.45, 7) is 11.4. The molecule has 0 aromatic carbocycles. The van der Waals surface area contributed by atoms with Gasteiger partial charge in [-0.2, -0.15) is 0 Å². The zero-order valence-electron chi connectivity index (χ0n) is 11.7. The largest absolute Gasteiger partial charge is 0.305 e. The Balaban J connectivity index is 2.62. The van der Waals surface area contributed by atoms with Crippen molar-refractivity contribution in [1.29, 1.82) is 0 Å². The smallest absolute Gasteiger partial charge is 0.0623 e. The molecule has 94 valence electrons. The van der Waals surface area contributed by atoms with Gasteiger partial charge in [-0.15, -0.1) is 0 Å². The van der Waals surface area contributed by atoms with E-state index >= 15 is 0 Å². The van der Waals surface area contributed by atoms with Gasteiger partial charge in [0.05, 0.1) is 6.17 Å². The summed E-state index contributed by atoms with van der Waals surface area (Å²) in [4.78, 5) is 0. The van der Waals surface area contributed by atoms with Crippen molar-refractivity contribution in [2.24, 2.45) is 11.3 Å². The molecule has 2 N–H and O–H groups in total. The highest BCUT2D eigenvalue weighted by atomic mass is 15.2. The first-order valence-electron chi connectivity index (χ1n) is 6.37. The summed E-state index contributed by atoms with van der Waals surface area (Å²) >= 11 is 0. The van der Waals surface area contributed by atoms with Crippen LogP contribution in [0.2, 0.25) is 0 Å². The van der Waals surface area contributed by atoms with Crippen LogP contribution in [0, 0.1) is 11.3 Å². The maximum absolute atomic E-state index is 3.77. The van der Waals surface area contributed by atoms with Gasteiger partial charge >= 0.3 is 0 Å². The summed E-state index contributed by atoms with van der Waals surface area (Å²) in [6.07, 6.45) is 7.38. The molecule has 16 heavy (non-hydrogen) atoms. The molecule has 0 saturated heterocycles. The van der Waals surface area contributed by atoms with E-state index < -0.39 is 0 Å². The number of rotatable bonds is 4. The van der Waals surface area contributed by atoms with Gasteiger partial charge in [-0.1, -0.05) is 32.9 Å². The van der Waals surface area contributed by atoms with Gasteiger partial charge in [0.15, 0.2) is 0 Å². The second kappa shape index (κ2) is 4.89. The van der Waals surface area contributed by atoms with E-state index in [9.17, 15) is 0 Å². The fourth-order valence-corrected chi connectivity index (χ4v) is 2.42. The molecule has 2 heteroatoms. The number of nitrogens with one attached hydrogen (secondary N) is 2. The molecule has 2 nitrogen and oxygen atoms in total. The van der Waals surface area contributed by atoms with E-state index in [4.69, 9.17) is 0 Å². The Morgan fingerprint density at radius 1 is 1.06 bits per heavy atom. The van der Waals surface area contributed by atoms with Crippen LogP contribution in [0.15, 0.2) is 12.2 Å². The quantitative estimate of drug-likeness (QED) is 0.567. The van der Waals surface area contributed by atoms with Crippen molar-refractivity contribution in [3.63, 3.8) is 0 Å². The average molecular weight is 224 g/mol. The summed E-state index contributed by atoms with van der Waals surface area (Å²) in [6, 6.07) is 0. The molecule has 0 radical (unpaired) electrons. The topological polar surface area (TPSA) is 24.1 Å². The number of hydrogen-bond donors (Lipinski definition) is 2. The molecule has 0 bridgehead atoms. The predicted molar refractivity (Wildman–Crippen MR) is 71.4 cm³/mol. The summed E-state index contributed by atoms with van der Waals surface area (Å²) in [5.74, 6) is 0.727. The van der Waals surface area contributed by atoms with Gasteiger partial charge in [0.1, 0.15) is 0 Å². The van der Waals surface area contributed by atoms with Crippen LogP contribution in [-0.4, -0.2) is 18.8 Å². The summed E-state index contributed by atoms with van der Waals surface area (Å²) in [5.41, 5.74) is 0.419. The van der Waals surface area contributed by atoms with E-state index in [1.54, 1.807) is 0 Å². The normalized spacial score (nSPS) is 20.4. The molecule has 0 amide bonds. The molecule has 0 saturated carbocycles. The minimum absolute atomic E-state index is 0.185. The molecule has 1 aliphatic carbocycles. The van der Waals surface area contributed by atoms with E-state index in [-0.39, 0.29) is 11.0 Å². The van der Waals surface area contributed by atoms with Crippen LogP contribution in [0.25, 0.3) is 0 Å². The van der Waals surface area contributed by atoms with Crippen LogP contribution >= 0.6 is 0 Å². The molecule has 0 aromatic heterocycles. The maximum Gasteiger partial charge on any atom is 0.0623 e. The summed E-state index contributed by atoms with van der Waals surface area (Å²) in [7, 11) is 2.03. The van der Waals surface area contributed by atoms with Crippen molar-refractivity contribution in [3.8, 4) is 0 Å². The van der Waals surface area contributed by atoms with Gasteiger partial charge in [-0.05, 0) is 45.1 Å². The van der Waals surface area contributed by atoms with E-state index in [2.05, 4.69) is 57.4 Å². The van der Waals surface area contributed by atoms with Gasteiger partial charge in [0, 0.05) is 5.54 Å². The van der Waals surface area contributed by atoms with Crippen LogP contribution in [0.5, 0.6) is 0 Å². The van der Waals surface area contributed by atoms with Crippen LogP contribution in [0.3, 0.4) is 0 Å². The SMILES string of the molecule is CNC(NC(C)(C)C1CC=CC1)C(C)(C)C. The van der Waals surface area contributed by atoms with Gasteiger partial charge in [0.2, 0.25) is 0 Å². The third-order valence-electron chi connectivity index (χ3n) is 3.70. The molecule has 0 aromatic rings. The zero-order valence-corrected chi connectivity index (χ0v) is 11.7. The van der Waals surface area contributed by atoms with Crippen LogP contribution in [-0.2, 0) is 0 Å². The van der Waals surface area contributed by atoms with Gasteiger partial charge in [-0.3, -0.25) is 5.32 Å². The minimum atomic E-state index is 0.185. The molecule has 1 aliphatic rings. The first kappa shape index (κ1) is 13.7. The summed E-state index contributed by atoms with van der Waals surface area (Å²) in [5, 5.41) is 7.16. The Morgan fingerprint density at radius 2 is 1.56 bits per heavy atom. The molecule has 0 aliphatic heterocycles. The molecule has 1 atom stereocenters. The van der Waals surface area contributed by atoms with Gasteiger partial charge in [-0.25, -0.2) is 0 Å². The lowest BCUT2D eigenvalue weighted by molar-refractivity contribution is 0.149. The van der Waals surface area contributed by atoms with Gasteiger partial charge < -0.3 is 5.32 Å². The molecule has 0 heterocycles. The van der Waals surface area contributed by atoms with Crippen LogP contribution in [0.4, 0.5) is 0 Å². The minimum Gasteiger partial charge on any atom is -0.305 e.